The summed E-state index contributed by atoms with van der Waals surface area (Å²) in [7, 11) is 0. The molecule has 0 saturated heterocycles. The first-order valence-corrected chi connectivity index (χ1v) is 23.1. The van der Waals surface area contributed by atoms with E-state index in [0.29, 0.717) is 0 Å². The number of aliphatic carboxylic acids is 1. The minimum absolute atomic E-state index is 0. The van der Waals surface area contributed by atoms with Crippen LogP contribution >= 0.6 is 0 Å². The second kappa shape index (κ2) is 45.6. The number of nitrogens with zero attached hydrogens (tertiary/aromatic N) is 1. The first-order valence-electron chi connectivity index (χ1n) is 23.1. The number of carbonyl (C=O) groups excluding carboxylic acids is 1. The summed E-state index contributed by atoms with van der Waals surface area (Å²) in [5.74, 6) is -0.849. The van der Waals surface area contributed by atoms with E-state index < -0.39 is 12.0 Å². The molecular weight excluding hydrogens is 622 g/mol. The molecule has 3 nitrogen and oxygen atoms in total. The summed E-state index contributed by atoms with van der Waals surface area (Å²) in [5, 5.41) is 12.1. The average Bonchev–Trinajstić information content (AvgIpc) is 3.10. The first-order chi connectivity index (χ1) is 24.2. The minimum Gasteiger partial charge on any atom is -0.548 e. The molecule has 0 bridgehead atoms. The van der Waals surface area contributed by atoms with Crippen LogP contribution in [0.25, 0.3) is 0 Å². The van der Waals surface area contributed by atoms with Crippen LogP contribution < -0.4 is 34.7 Å². The van der Waals surface area contributed by atoms with Gasteiger partial charge in [-0.2, -0.15) is 0 Å². The molecule has 0 aliphatic rings. The van der Waals surface area contributed by atoms with Gasteiger partial charge in [0.1, 0.15) is 0 Å². The summed E-state index contributed by atoms with van der Waals surface area (Å²) >= 11 is 0. The maximum atomic E-state index is 12.1. The number of carboxylic acids is 1. The number of carbonyl (C=O) groups is 1. The number of unbranched alkanes of at least 4 members (excludes halogenated alkanes) is 35. The number of rotatable bonds is 43. The van der Waals surface area contributed by atoms with E-state index in [1.807, 2.05) is 0 Å². The van der Waals surface area contributed by atoms with Crippen molar-refractivity contribution in [2.45, 2.75) is 277 Å². The largest absolute Gasteiger partial charge is 1.00 e. The summed E-state index contributed by atoms with van der Waals surface area (Å²) in [6.07, 6.45) is 52.7. The zero-order chi connectivity index (χ0) is 35.7. The van der Waals surface area contributed by atoms with Gasteiger partial charge in [0.05, 0.1) is 5.97 Å². The summed E-state index contributed by atoms with van der Waals surface area (Å²) in [6, 6.07) is -0.392. The Morgan fingerprint density at radius 1 is 0.360 bits per heavy atom. The molecule has 4 heteroatoms. The smallest absolute Gasteiger partial charge is 0.548 e. The molecule has 0 N–H and O–H groups in total. The minimum atomic E-state index is -0.849. The van der Waals surface area contributed by atoms with Crippen molar-refractivity contribution in [3.8, 4) is 0 Å². The molecule has 0 aromatic heterocycles. The van der Waals surface area contributed by atoms with E-state index in [9.17, 15) is 9.90 Å². The molecular formula is C46H92NNaO2. The SMILES string of the molecule is CCCCCCCCCCCCCCCCCCCCN(CCCCCCCCCCCCCCCCCCCC)C(CCCC)C(=O)[O-].[Na+]. The Morgan fingerprint density at radius 2 is 0.560 bits per heavy atom. The Hall–Kier alpha value is 0.430. The summed E-state index contributed by atoms with van der Waals surface area (Å²) < 4.78 is 0. The molecule has 0 rings (SSSR count). The van der Waals surface area contributed by atoms with Gasteiger partial charge in [-0.15, -0.1) is 0 Å². The van der Waals surface area contributed by atoms with Crippen molar-refractivity contribution in [1.82, 2.24) is 4.90 Å². The van der Waals surface area contributed by atoms with Crippen molar-refractivity contribution in [1.29, 1.82) is 0 Å². The Labute approximate surface area is 338 Å². The van der Waals surface area contributed by atoms with E-state index in [4.69, 9.17) is 0 Å². The van der Waals surface area contributed by atoms with Gasteiger partial charge in [-0.25, -0.2) is 0 Å². The molecule has 0 saturated carbocycles. The molecule has 1 atom stereocenters. The van der Waals surface area contributed by atoms with Crippen LogP contribution in [-0.2, 0) is 4.79 Å². The van der Waals surface area contributed by atoms with Crippen molar-refractivity contribution in [3.05, 3.63) is 0 Å². The Bertz CT molecular complexity index is 589. The van der Waals surface area contributed by atoms with E-state index in [-0.39, 0.29) is 29.6 Å². The fourth-order valence-electron chi connectivity index (χ4n) is 7.70. The van der Waals surface area contributed by atoms with Crippen LogP contribution in [0.3, 0.4) is 0 Å². The third-order valence-electron chi connectivity index (χ3n) is 11.1. The first kappa shape index (κ1) is 52.5. The summed E-state index contributed by atoms with van der Waals surface area (Å²) in [6.45, 7) is 8.61. The van der Waals surface area contributed by atoms with E-state index in [2.05, 4.69) is 25.7 Å². The molecule has 0 radical (unpaired) electrons. The van der Waals surface area contributed by atoms with Gasteiger partial charge >= 0.3 is 29.6 Å². The van der Waals surface area contributed by atoms with Crippen LogP contribution in [0.5, 0.6) is 0 Å². The van der Waals surface area contributed by atoms with Crippen molar-refractivity contribution in [2.75, 3.05) is 13.1 Å². The van der Waals surface area contributed by atoms with Crippen LogP contribution in [0, 0.1) is 0 Å². The Morgan fingerprint density at radius 3 is 0.760 bits per heavy atom. The molecule has 1 unspecified atom stereocenters. The molecule has 0 heterocycles. The average molecular weight is 714 g/mol. The van der Waals surface area contributed by atoms with E-state index in [0.717, 1.165) is 45.2 Å². The summed E-state index contributed by atoms with van der Waals surface area (Å²) in [5.41, 5.74) is 0. The molecule has 50 heavy (non-hydrogen) atoms. The van der Waals surface area contributed by atoms with Gasteiger partial charge in [-0.05, 0) is 32.4 Å². The standard InChI is InChI=1S/C46H93NO2.Na/c1-4-7-10-12-14-16-18-20-22-24-26-28-30-32-34-36-38-40-43-47(45(46(48)49)42-9-6-3)44-41-39-37-35-33-31-29-27-25-23-21-19-17-15-13-11-8-5-2;/h45H,4-44H2,1-3H3,(H,48,49);/q;+1/p-1. The van der Waals surface area contributed by atoms with E-state index >= 15 is 0 Å². The van der Waals surface area contributed by atoms with Crippen molar-refractivity contribution in [3.63, 3.8) is 0 Å². The predicted octanol–water partition coefficient (Wildman–Crippen LogP) is 11.7. The monoisotopic (exact) mass is 714 g/mol. The van der Waals surface area contributed by atoms with Crippen molar-refractivity contribution in [2.24, 2.45) is 0 Å². The molecule has 0 spiro atoms. The fraction of sp³-hybridized carbons (Fsp3) is 0.978. The van der Waals surface area contributed by atoms with Crippen LogP contribution in [-0.4, -0.2) is 30.0 Å². The maximum Gasteiger partial charge on any atom is 1.00 e. The van der Waals surface area contributed by atoms with Gasteiger partial charge in [-0.1, -0.05) is 252 Å². The quantitative estimate of drug-likeness (QED) is 0.0467. The second-order valence-corrected chi connectivity index (χ2v) is 16.0. The predicted molar refractivity (Wildman–Crippen MR) is 217 cm³/mol. The molecule has 0 fully saturated rings. The van der Waals surface area contributed by atoms with E-state index in [1.54, 1.807) is 0 Å². The third-order valence-corrected chi connectivity index (χ3v) is 11.1. The zero-order valence-electron chi connectivity index (χ0n) is 35.3. The number of hydrogen-bond donors (Lipinski definition) is 0. The van der Waals surface area contributed by atoms with Crippen LogP contribution in [0.1, 0.15) is 271 Å². The molecule has 0 aliphatic heterocycles. The molecule has 0 amide bonds. The topological polar surface area (TPSA) is 43.4 Å². The van der Waals surface area contributed by atoms with Crippen LogP contribution in [0.15, 0.2) is 0 Å². The number of carboxylic acid groups (broad SMARTS) is 1. The zero-order valence-corrected chi connectivity index (χ0v) is 37.3. The molecule has 0 aromatic carbocycles. The molecule has 0 aliphatic carbocycles. The molecule has 294 valence electrons. The molecule has 0 aromatic rings. The Kier molecular flexibility index (Phi) is 47.9. The van der Waals surface area contributed by atoms with Gasteiger partial charge in [0.2, 0.25) is 0 Å². The number of hydrogen-bond acceptors (Lipinski definition) is 3. The van der Waals surface area contributed by atoms with Gasteiger partial charge in [0.15, 0.2) is 0 Å². The summed E-state index contributed by atoms with van der Waals surface area (Å²) in [4.78, 5) is 14.4. The van der Waals surface area contributed by atoms with Crippen molar-refractivity contribution < 1.29 is 39.5 Å². The van der Waals surface area contributed by atoms with Crippen LogP contribution in [0.2, 0.25) is 0 Å². The second-order valence-electron chi connectivity index (χ2n) is 16.0. The van der Waals surface area contributed by atoms with Crippen LogP contribution in [0.4, 0.5) is 0 Å². The fourth-order valence-corrected chi connectivity index (χ4v) is 7.70. The van der Waals surface area contributed by atoms with E-state index in [1.165, 1.54) is 218 Å². The van der Waals surface area contributed by atoms with Crippen molar-refractivity contribution >= 4 is 5.97 Å². The van der Waals surface area contributed by atoms with Gasteiger partial charge in [0.25, 0.3) is 0 Å². The van der Waals surface area contributed by atoms with Gasteiger partial charge in [0, 0.05) is 6.04 Å². The van der Waals surface area contributed by atoms with Gasteiger partial charge in [-0.3, -0.25) is 4.90 Å². The Balaban J connectivity index is 0. The van der Waals surface area contributed by atoms with Gasteiger partial charge < -0.3 is 9.90 Å². The third kappa shape index (κ3) is 39.6. The normalized spacial score (nSPS) is 12.1. The maximum absolute atomic E-state index is 12.1.